The molecule has 0 unspecified atom stereocenters. The van der Waals surface area contributed by atoms with Gasteiger partial charge in [-0.2, -0.15) is 0 Å². The minimum Gasteiger partial charge on any atom is -0.726 e. The van der Waals surface area contributed by atoms with Gasteiger partial charge in [0, 0.05) is 0 Å². The Morgan fingerprint density at radius 2 is 2.07 bits per heavy atom. The van der Waals surface area contributed by atoms with Gasteiger partial charge in [-0.1, -0.05) is 12.1 Å². The Morgan fingerprint density at radius 1 is 1.47 bits per heavy atom. The quantitative estimate of drug-likeness (QED) is 0.362. The molecule has 0 saturated heterocycles. The molecule has 0 aliphatic rings. The molecule has 0 saturated carbocycles. The molecule has 78 valence electrons. The molecule has 4 nitrogen and oxygen atoms in total. The smallest absolute Gasteiger partial charge is 0.726 e. The molecular weight excluding hydrogens is 234 g/mol. The van der Waals surface area contributed by atoms with E-state index in [9.17, 15) is 17.4 Å². The molecule has 0 heterocycles. The van der Waals surface area contributed by atoms with Crippen molar-refractivity contribution in [2.24, 2.45) is 0 Å². The van der Waals surface area contributed by atoms with Crippen molar-refractivity contribution in [1.82, 2.24) is 0 Å². The van der Waals surface area contributed by atoms with E-state index in [4.69, 9.17) is 0 Å². The van der Waals surface area contributed by atoms with Crippen molar-refractivity contribution in [3.8, 4) is 0 Å². The van der Waals surface area contributed by atoms with Crippen molar-refractivity contribution in [3.63, 3.8) is 0 Å². The Hall–Kier alpha value is 0.0200. The van der Waals surface area contributed by atoms with Crippen LogP contribution in [0, 0.1) is 5.82 Å². The van der Waals surface area contributed by atoms with Gasteiger partial charge < -0.3 is 4.55 Å². The maximum atomic E-state index is 12.7. The number of halogens is 1. The van der Waals surface area contributed by atoms with Crippen LogP contribution in [0.2, 0.25) is 0 Å². The maximum Gasteiger partial charge on any atom is 1.00 e. The first-order valence-corrected chi connectivity index (χ1v) is 5.11. The average molecular weight is 242 g/mol. The molecule has 0 spiro atoms. The van der Waals surface area contributed by atoms with Gasteiger partial charge in [-0.15, -0.1) is 0 Å². The van der Waals surface area contributed by atoms with Crippen LogP contribution < -0.4 is 29.6 Å². The van der Waals surface area contributed by atoms with E-state index in [1.165, 1.54) is 25.1 Å². The van der Waals surface area contributed by atoms with Crippen LogP contribution in [0.5, 0.6) is 0 Å². The monoisotopic (exact) mass is 242 g/mol. The first-order valence-electron chi connectivity index (χ1n) is 3.78. The molecule has 1 atom stereocenters. The molecule has 0 bridgehead atoms. The standard InChI is InChI=1S/C8H9FO4S.Na/c1-6(13-14(10,11)12)7-3-2-4-8(9)5-7;/h2-6H,1H3,(H,10,11,12);/q;+1/p-1/t6-;/m0./s1. The van der Waals surface area contributed by atoms with Crippen LogP contribution in [0.15, 0.2) is 24.3 Å². The normalized spacial score (nSPS) is 13.0. The van der Waals surface area contributed by atoms with Crippen LogP contribution in [0.3, 0.4) is 0 Å². The van der Waals surface area contributed by atoms with Crippen molar-refractivity contribution in [2.75, 3.05) is 0 Å². The Morgan fingerprint density at radius 3 is 2.53 bits per heavy atom. The third-order valence-corrected chi connectivity index (χ3v) is 2.10. The fraction of sp³-hybridized carbons (Fsp3) is 0.250. The molecule has 0 amide bonds. The summed E-state index contributed by atoms with van der Waals surface area (Å²) in [4.78, 5) is 0. The average Bonchev–Trinajstić information content (AvgIpc) is 2.01. The van der Waals surface area contributed by atoms with Gasteiger partial charge in [-0.05, 0) is 24.6 Å². The Labute approximate surface area is 110 Å². The van der Waals surface area contributed by atoms with Gasteiger partial charge >= 0.3 is 29.6 Å². The van der Waals surface area contributed by atoms with E-state index >= 15 is 0 Å². The summed E-state index contributed by atoms with van der Waals surface area (Å²) in [6.45, 7) is 1.35. The third kappa shape index (κ3) is 5.60. The van der Waals surface area contributed by atoms with E-state index in [0.29, 0.717) is 5.56 Å². The minimum absolute atomic E-state index is 0. The molecule has 0 radical (unpaired) electrons. The van der Waals surface area contributed by atoms with E-state index < -0.39 is 22.3 Å². The summed E-state index contributed by atoms with van der Waals surface area (Å²) in [6.07, 6.45) is -0.979. The minimum atomic E-state index is -4.76. The van der Waals surface area contributed by atoms with Gasteiger partial charge in [0.05, 0.1) is 6.10 Å². The van der Waals surface area contributed by atoms with Crippen LogP contribution in [0.4, 0.5) is 4.39 Å². The predicted octanol–water partition coefficient (Wildman–Crippen LogP) is -1.63. The molecule has 1 rings (SSSR count). The third-order valence-electron chi connectivity index (χ3n) is 1.58. The van der Waals surface area contributed by atoms with Crippen LogP contribution in [-0.4, -0.2) is 13.0 Å². The molecule has 0 aliphatic heterocycles. The molecule has 7 heteroatoms. The van der Waals surface area contributed by atoms with E-state index in [2.05, 4.69) is 4.18 Å². The topological polar surface area (TPSA) is 66.4 Å². The summed E-state index contributed by atoms with van der Waals surface area (Å²) in [5, 5.41) is 0. The van der Waals surface area contributed by atoms with E-state index in [1.54, 1.807) is 0 Å². The molecule has 0 aliphatic carbocycles. The van der Waals surface area contributed by atoms with Gasteiger partial charge in [-0.25, -0.2) is 12.8 Å². The zero-order chi connectivity index (χ0) is 10.8. The molecule has 0 fully saturated rings. The Kier molecular flexibility index (Phi) is 5.94. The van der Waals surface area contributed by atoms with Gasteiger partial charge in [0.15, 0.2) is 0 Å². The summed E-state index contributed by atoms with van der Waals surface area (Å²) in [5.74, 6) is -0.513. The number of benzene rings is 1. The molecular formula is C8H8FNaO4S. The van der Waals surface area contributed by atoms with Gasteiger partial charge in [0.1, 0.15) is 5.82 Å². The largest absolute Gasteiger partial charge is 1.00 e. The second-order valence-corrected chi connectivity index (χ2v) is 3.71. The Bertz CT molecular complexity index is 420. The van der Waals surface area contributed by atoms with Crippen LogP contribution in [0.1, 0.15) is 18.6 Å². The maximum absolute atomic E-state index is 12.7. The van der Waals surface area contributed by atoms with Gasteiger partial charge in [-0.3, -0.25) is 4.18 Å². The van der Waals surface area contributed by atoms with Crippen LogP contribution in [0.25, 0.3) is 0 Å². The van der Waals surface area contributed by atoms with Crippen molar-refractivity contribution in [3.05, 3.63) is 35.6 Å². The molecule has 0 N–H and O–H groups in total. The van der Waals surface area contributed by atoms with Crippen LogP contribution in [-0.2, 0) is 14.6 Å². The SMILES string of the molecule is C[C@H](OS(=O)(=O)[O-])c1cccc(F)c1.[Na+]. The molecule has 1 aromatic carbocycles. The van der Waals surface area contributed by atoms with Crippen LogP contribution >= 0.6 is 0 Å². The van der Waals surface area contributed by atoms with Gasteiger partial charge in [0.25, 0.3) is 0 Å². The first-order chi connectivity index (χ1) is 6.38. The molecule has 15 heavy (non-hydrogen) atoms. The second-order valence-electron chi connectivity index (χ2n) is 2.70. The second kappa shape index (κ2) is 5.93. The van der Waals surface area contributed by atoms with E-state index in [0.717, 1.165) is 6.07 Å². The summed E-state index contributed by atoms with van der Waals surface area (Å²) in [7, 11) is -4.76. The first kappa shape index (κ1) is 15.0. The summed E-state index contributed by atoms with van der Waals surface area (Å²) in [5.41, 5.74) is 0.296. The Balaban J connectivity index is 0.00000196. The fourth-order valence-corrected chi connectivity index (χ4v) is 1.46. The zero-order valence-corrected chi connectivity index (χ0v) is 11.1. The van der Waals surface area contributed by atoms with Crippen molar-refractivity contribution in [1.29, 1.82) is 0 Å². The molecule has 0 aromatic heterocycles. The molecule has 1 aromatic rings. The van der Waals surface area contributed by atoms with Gasteiger partial charge in [0.2, 0.25) is 10.4 Å². The van der Waals surface area contributed by atoms with E-state index in [-0.39, 0.29) is 29.6 Å². The fourth-order valence-electron chi connectivity index (χ4n) is 0.992. The summed E-state index contributed by atoms with van der Waals surface area (Å²) < 4.78 is 47.5. The number of hydrogen-bond acceptors (Lipinski definition) is 4. The number of hydrogen-bond donors (Lipinski definition) is 0. The predicted molar refractivity (Wildman–Crippen MR) is 45.6 cm³/mol. The summed E-state index contributed by atoms with van der Waals surface area (Å²) >= 11 is 0. The van der Waals surface area contributed by atoms with Crippen molar-refractivity contribution < 1.29 is 51.1 Å². The van der Waals surface area contributed by atoms with Crippen molar-refractivity contribution in [2.45, 2.75) is 13.0 Å². The number of rotatable bonds is 3. The summed E-state index contributed by atoms with van der Waals surface area (Å²) in [6, 6.07) is 5.19. The van der Waals surface area contributed by atoms with E-state index in [1.807, 2.05) is 0 Å². The zero-order valence-electron chi connectivity index (χ0n) is 8.31. The van der Waals surface area contributed by atoms with Crippen molar-refractivity contribution >= 4 is 10.4 Å².